The highest BCUT2D eigenvalue weighted by Gasteiger charge is 2.00. The number of aromatic nitrogens is 2. The van der Waals surface area contributed by atoms with Crippen molar-refractivity contribution in [1.29, 1.82) is 0 Å². The number of aromatic amines is 1. The summed E-state index contributed by atoms with van der Waals surface area (Å²) in [6.45, 7) is 0. The molecular weight excluding hydrogens is 271 g/mol. The molecule has 4 heteroatoms. The van der Waals surface area contributed by atoms with Crippen molar-refractivity contribution in [2.24, 2.45) is 0 Å². The number of nitrogens with zero attached hydrogens (tertiary/aromatic N) is 1. The number of imidazole rings is 1. The fourth-order valence-electron chi connectivity index (χ4n) is 0.837. The third kappa shape index (κ3) is 1.46. The lowest BCUT2D eigenvalue weighted by molar-refractivity contribution is 1.31. The molecule has 0 radical (unpaired) electrons. The summed E-state index contributed by atoms with van der Waals surface area (Å²) in [5.74, 6) is 0.962. The van der Waals surface area contributed by atoms with Crippen molar-refractivity contribution < 1.29 is 0 Å². The standard InChI is InChI=1S/C7H5IN2S/c8-6-4-9-7(10-6)5-2-1-3-11-5/h1-4H,(H,9,10). The Bertz CT molecular complexity index is 339. The average molecular weight is 276 g/mol. The molecular formula is C7H5IN2S. The van der Waals surface area contributed by atoms with Crippen LogP contribution in [0.4, 0.5) is 0 Å². The molecule has 0 atom stereocenters. The van der Waals surface area contributed by atoms with Crippen LogP contribution in [0.25, 0.3) is 10.7 Å². The summed E-state index contributed by atoms with van der Waals surface area (Å²) >= 11 is 3.90. The van der Waals surface area contributed by atoms with E-state index in [-0.39, 0.29) is 0 Å². The van der Waals surface area contributed by atoms with E-state index in [2.05, 4.69) is 38.6 Å². The molecule has 0 bridgehead atoms. The normalized spacial score (nSPS) is 10.3. The van der Waals surface area contributed by atoms with Crippen LogP contribution in [0.3, 0.4) is 0 Å². The van der Waals surface area contributed by atoms with Crippen molar-refractivity contribution in [3.05, 3.63) is 27.4 Å². The minimum atomic E-state index is 0.962. The van der Waals surface area contributed by atoms with Gasteiger partial charge in [-0.2, -0.15) is 0 Å². The molecule has 0 aliphatic rings. The SMILES string of the molecule is Ic1cnc(-c2cccs2)[nH]1. The van der Waals surface area contributed by atoms with Gasteiger partial charge in [0.25, 0.3) is 0 Å². The van der Waals surface area contributed by atoms with Gasteiger partial charge in [0.15, 0.2) is 0 Å². The van der Waals surface area contributed by atoms with E-state index in [4.69, 9.17) is 0 Å². The molecule has 0 fully saturated rings. The topological polar surface area (TPSA) is 28.7 Å². The monoisotopic (exact) mass is 276 g/mol. The Kier molecular flexibility index (Phi) is 1.95. The number of H-pyrrole nitrogens is 1. The summed E-state index contributed by atoms with van der Waals surface area (Å²) in [5.41, 5.74) is 0. The van der Waals surface area contributed by atoms with Crippen LogP contribution in [0.15, 0.2) is 23.7 Å². The van der Waals surface area contributed by atoms with E-state index in [1.807, 2.05) is 17.6 Å². The summed E-state index contributed by atoms with van der Waals surface area (Å²) < 4.78 is 1.08. The Balaban J connectivity index is 2.45. The van der Waals surface area contributed by atoms with Crippen molar-refractivity contribution >= 4 is 33.9 Å². The van der Waals surface area contributed by atoms with Crippen LogP contribution in [0.5, 0.6) is 0 Å². The Labute approximate surface area is 81.8 Å². The molecule has 0 aromatic carbocycles. The first-order valence-electron chi connectivity index (χ1n) is 3.10. The molecule has 0 unspecified atom stereocenters. The van der Waals surface area contributed by atoms with Crippen LogP contribution in [0, 0.1) is 3.70 Å². The van der Waals surface area contributed by atoms with Gasteiger partial charge in [-0.1, -0.05) is 6.07 Å². The van der Waals surface area contributed by atoms with Gasteiger partial charge in [0.1, 0.15) is 5.82 Å². The predicted octanol–water partition coefficient (Wildman–Crippen LogP) is 2.74. The van der Waals surface area contributed by atoms with Crippen LogP contribution in [0.1, 0.15) is 0 Å². The molecule has 1 N–H and O–H groups in total. The predicted molar refractivity (Wildman–Crippen MR) is 54.6 cm³/mol. The van der Waals surface area contributed by atoms with Gasteiger partial charge in [0.05, 0.1) is 14.8 Å². The molecule has 0 saturated carbocycles. The largest absolute Gasteiger partial charge is 0.333 e. The minimum Gasteiger partial charge on any atom is -0.333 e. The van der Waals surface area contributed by atoms with Crippen LogP contribution < -0.4 is 0 Å². The molecule has 2 rings (SSSR count). The molecule has 2 aromatic heterocycles. The molecule has 0 saturated heterocycles. The van der Waals surface area contributed by atoms with E-state index in [9.17, 15) is 0 Å². The Morgan fingerprint density at radius 3 is 3.00 bits per heavy atom. The first-order valence-corrected chi connectivity index (χ1v) is 5.06. The molecule has 0 aliphatic carbocycles. The second kappa shape index (κ2) is 2.94. The summed E-state index contributed by atoms with van der Waals surface area (Å²) in [7, 11) is 0. The highest BCUT2D eigenvalue weighted by atomic mass is 127. The summed E-state index contributed by atoms with van der Waals surface area (Å²) in [6, 6.07) is 4.08. The molecule has 0 spiro atoms. The van der Waals surface area contributed by atoms with Crippen molar-refractivity contribution in [2.75, 3.05) is 0 Å². The van der Waals surface area contributed by atoms with E-state index in [0.717, 1.165) is 9.53 Å². The van der Waals surface area contributed by atoms with Crippen LogP contribution in [-0.4, -0.2) is 9.97 Å². The molecule has 11 heavy (non-hydrogen) atoms. The highest BCUT2D eigenvalue weighted by molar-refractivity contribution is 14.1. The molecule has 0 aliphatic heterocycles. The quantitative estimate of drug-likeness (QED) is 0.797. The van der Waals surface area contributed by atoms with E-state index < -0.39 is 0 Å². The number of hydrogen-bond donors (Lipinski definition) is 1. The van der Waals surface area contributed by atoms with Crippen LogP contribution in [-0.2, 0) is 0 Å². The smallest absolute Gasteiger partial charge is 0.148 e. The van der Waals surface area contributed by atoms with Gasteiger partial charge in [-0.15, -0.1) is 11.3 Å². The first kappa shape index (κ1) is 7.30. The van der Waals surface area contributed by atoms with E-state index in [1.165, 1.54) is 4.88 Å². The van der Waals surface area contributed by atoms with Crippen molar-refractivity contribution in [3.63, 3.8) is 0 Å². The maximum absolute atomic E-state index is 4.21. The van der Waals surface area contributed by atoms with Crippen molar-refractivity contribution in [3.8, 4) is 10.7 Å². The highest BCUT2D eigenvalue weighted by Crippen LogP contribution is 2.21. The Morgan fingerprint density at radius 1 is 1.55 bits per heavy atom. The fraction of sp³-hybridized carbons (Fsp3) is 0. The second-order valence-electron chi connectivity index (χ2n) is 2.06. The third-order valence-electron chi connectivity index (χ3n) is 1.30. The van der Waals surface area contributed by atoms with Crippen molar-refractivity contribution in [1.82, 2.24) is 9.97 Å². The molecule has 2 nitrogen and oxygen atoms in total. The van der Waals surface area contributed by atoms with E-state index in [1.54, 1.807) is 11.3 Å². The number of nitrogens with one attached hydrogen (secondary N) is 1. The lowest BCUT2D eigenvalue weighted by Gasteiger charge is -1.86. The zero-order valence-electron chi connectivity index (χ0n) is 5.54. The van der Waals surface area contributed by atoms with Gasteiger partial charge < -0.3 is 4.98 Å². The van der Waals surface area contributed by atoms with Gasteiger partial charge in [-0.25, -0.2) is 4.98 Å². The maximum Gasteiger partial charge on any atom is 0.148 e. The second-order valence-corrected chi connectivity index (χ2v) is 4.17. The lowest BCUT2D eigenvalue weighted by Crippen LogP contribution is -1.73. The van der Waals surface area contributed by atoms with Crippen LogP contribution >= 0.6 is 33.9 Å². The van der Waals surface area contributed by atoms with Gasteiger partial charge in [-0.05, 0) is 34.0 Å². The third-order valence-corrected chi connectivity index (χ3v) is 2.72. The van der Waals surface area contributed by atoms with Gasteiger partial charge in [-0.3, -0.25) is 0 Å². The number of rotatable bonds is 1. The molecule has 0 amide bonds. The first-order chi connectivity index (χ1) is 5.36. The number of halogens is 1. The Hall–Kier alpha value is -0.360. The minimum absolute atomic E-state index is 0.962. The number of hydrogen-bond acceptors (Lipinski definition) is 2. The van der Waals surface area contributed by atoms with E-state index >= 15 is 0 Å². The summed E-state index contributed by atoms with van der Waals surface area (Å²) in [5, 5.41) is 2.05. The summed E-state index contributed by atoms with van der Waals surface area (Å²) in [4.78, 5) is 8.56. The molecule has 2 aromatic rings. The molecule has 56 valence electrons. The fourth-order valence-corrected chi connectivity index (χ4v) is 1.91. The van der Waals surface area contributed by atoms with Gasteiger partial charge in [0.2, 0.25) is 0 Å². The van der Waals surface area contributed by atoms with E-state index in [0.29, 0.717) is 0 Å². The average Bonchev–Trinajstić information content (AvgIpc) is 2.55. The van der Waals surface area contributed by atoms with Gasteiger partial charge >= 0.3 is 0 Å². The zero-order chi connectivity index (χ0) is 7.68. The Morgan fingerprint density at radius 2 is 2.45 bits per heavy atom. The van der Waals surface area contributed by atoms with Crippen LogP contribution in [0.2, 0.25) is 0 Å². The molecule has 2 heterocycles. The van der Waals surface area contributed by atoms with Crippen molar-refractivity contribution in [2.45, 2.75) is 0 Å². The zero-order valence-corrected chi connectivity index (χ0v) is 8.52. The summed E-state index contributed by atoms with van der Waals surface area (Å²) in [6.07, 6.45) is 1.83. The maximum atomic E-state index is 4.21. The number of thiophene rings is 1. The lowest BCUT2D eigenvalue weighted by atomic mass is 10.4. The van der Waals surface area contributed by atoms with Gasteiger partial charge in [0, 0.05) is 0 Å².